The molecule has 5 rings (SSSR count). The minimum atomic E-state index is -0.364. The predicted molar refractivity (Wildman–Crippen MR) is 152 cm³/mol. The molecule has 0 saturated heterocycles. The number of carbonyl (C=O) groups excluding carboxylic acids is 3. The van der Waals surface area contributed by atoms with Gasteiger partial charge in [0.25, 0.3) is 0 Å². The van der Waals surface area contributed by atoms with Gasteiger partial charge in [0, 0.05) is 17.7 Å². The molecule has 204 valence electrons. The van der Waals surface area contributed by atoms with Gasteiger partial charge >= 0.3 is 5.97 Å². The molecule has 6 heteroatoms. The van der Waals surface area contributed by atoms with Gasteiger partial charge in [0.05, 0.1) is 25.9 Å². The van der Waals surface area contributed by atoms with E-state index in [-0.39, 0.29) is 17.7 Å². The van der Waals surface area contributed by atoms with Gasteiger partial charge in [0.1, 0.15) is 0 Å². The van der Waals surface area contributed by atoms with E-state index >= 15 is 0 Å². The number of methoxy groups -OCH3 is 1. The quantitative estimate of drug-likeness (QED) is 0.261. The number of hydrogen-bond donors (Lipinski definition) is 1. The molecule has 3 aliphatic rings. The summed E-state index contributed by atoms with van der Waals surface area (Å²) in [6.07, 6.45) is 10.9. The van der Waals surface area contributed by atoms with Crippen LogP contribution in [0.25, 0.3) is 11.1 Å². The van der Waals surface area contributed by atoms with Crippen LogP contribution in [0.5, 0.6) is 0 Å². The Kier molecular flexibility index (Phi) is 8.41. The molecule has 0 bridgehead atoms. The van der Waals surface area contributed by atoms with Crippen molar-refractivity contribution in [3.05, 3.63) is 75.9 Å². The van der Waals surface area contributed by atoms with Gasteiger partial charge in [-0.25, -0.2) is 4.79 Å². The minimum Gasteiger partial charge on any atom is -0.465 e. The van der Waals surface area contributed by atoms with E-state index in [0.717, 1.165) is 66.2 Å². The average Bonchev–Trinajstić information content (AvgIpc) is 3.26. The number of rotatable bonds is 7. The van der Waals surface area contributed by atoms with Crippen LogP contribution in [0.15, 0.2) is 48.0 Å². The Hall–Kier alpha value is -3.51. The summed E-state index contributed by atoms with van der Waals surface area (Å²) in [6.45, 7) is 1.20. The standard InChI is InChI=1S/C33H37NO5/c1-38-33(37)24-9-11-28-25(17-24)18-26(19-30(36)21-8-5-14-39-15-13-21)31(32(28)22-6-3-2-4-7-22)23-10-12-29(34)27(16-23)20-35/h8-12,16-17,20,22,26H,2-7,13-15,18-19,34H2,1H3. The fourth-order valence-electron chi connectivity index (χ4n) is 6.55. The topological polar surface area (TPSA) is 95.7 Å². The molecule has 2 aliphatic carbocycles. The van der Waals surface area contributed by atoms with Crippen LogP contribution in [0.4, 0.5) is 5.69 Å². The fraction of sp³-hybridized carbons (Fsp3) is 0.424. The first-order chi connectivity index (χ1) is 19.0. The van der Waals surface area contributed by atoms with Gasteiger partial charge in [-0.1, -0.05) is 37.5 Å². The van der Waals surface area contributed by atoms with E-state index in [2.05, 4.69) is 0 Å². The Labute approximate surface area is 230 Å². The predicted octanol–water partition coefficient (Wildman–Crippen LogP) is 6.23. The van der Waals surface area contributed by atoms with Crippen molar-refractivity contribution >= 4 is 34.9 Å². The normalized spacial score (nSPS) is 20.0. The number of ether oxygens (including phenoxy) is 2. The largest absolute Gasteiger partial charge is 0.465 e. The molecule has 1 atom stereocenters. The number of nitrogen functional groups attached to an aromatic ring is 1. The number of nitrogens with two attached hydrogens (primary N) is 1. The maximum atomic E-state index is 13.7. The van der Waals surface area contributed by atoms with E-state index in [1.807, 2.05) is 36.4 Å². The summed E-state index contributed by atoms with van der Waals surface area (Å²) in [5.41, 5.74) is 13.9. The molecule has 0 amide bonds. The van der Waals surface area contributed by atoms with Crippen LogP contribution in [0.2, 0.25) is 0 Å². The molecule has 2 aromatic rings. The van der Waals surface area contributed by atoms with Crippen LogP contribution in [-0.4, -0.2) is 38.4 Å². The molecule has 39 heavy (non-hydrogen) atoms. The van der Waals surface area contributed by atoms with Gasteiger partial charge in [-0.05, 0) is 102 Å². The highest BCUT2D eigenvalue weighted by atomic mass is 16.5. The molecule has 0 spiro atoms. The van der Waals surface area contributed by atoms with Gasteiger partial charge in [0.2, 0.25) is 0 Å². The van der Waals surface area contributed by atoms with E-state index in [9.17, 15) is 14.4 Å². The Morgan fingerprint density at radius 3 is 2.64 bits per heavy atom. The highest BCUT2D eigenvalue weighted by molar-refractivity contribution is 6.02. The van der Waals surface area contributed by atoms with Crippen molar-refractivity contribution in [1.82, 2.24) is 0 Å². The van der Waals surface area contributed by atoms with E-state index in [1.54, 1.807) is 6.07 Å². The lowest BCUT2D eigenvalue weighted by molar-refractivity contribution is -0.116. The van der Waals surface area contributed by atoms with E-state index in [1.165, 1.54) is 19.1 Å². The maximum absolute atomic E-state index is 13.7. The van der Waals surface area contributed by atoms with Gasteiger partial charge < -0.3 is 15.2 Å². The van der Waals surface area contributed by atoms with Crippen molar-refractivity contribution in [2.75, 3.05) is 26.1 Å². The number of Topliss-reactive ketones (excluding diaryl/α,β-unsaturated/α-hetero) is 1. The third-order valence-corrected chi connectivity index (χ3v) is 8.48. The second kappa shape index (κ2) is 12.1. The van der Waals surface area contributed by atoms with Crippen LogP contribution in [0, 0.1) is 11.8 Å². The second-order valence-corrected chi connectivity index (χ2v) is 10.9. The van der Waals surface area contributed by atoms with Gasteiger partial charge in [0.15, 0.2) is 12.1 Å². The van der Waals surface area contributed by atoms with Gasteiger partial charge in [-0.2, -0.15) is 0 Å². The molecule has 2 N–H and O–H groups in total. The number of allylic oxidation sites excluding steroid dienone is 2. The van der Waals surface area contributed by atoms with Crippen molar-refractivity contribution in [2.45, 2.75) is 57.8 Å². The number of anilines is 1. The lowest BCUT2D eigenvalue weighted by atomic mass is 9.67. The Bertz CT molecular complexity index is 1330. The zero-order valence-corrected chi connectivity index (χ0v) is 22.7. The third kappa shape index (κ3) is 5.76. The Balaban J connectivity index is 1.68. The summed E-state index contributed by atoms with van der Waals surface area (Å²) in [5, 5.41) is 0. The van der Waals surface area contributed by atoms with Crippen molar-refractivity contribution in [3.8, 4) is 0 Å². The summed E-state index contributed by atoms with van der Waals surface area (Å²) >= 11 is 0. The van der Waals surface area contributed by atoms with Crippen LogP contribution < -0.4 is 5.73 Å². The molecular formula is C33H37NO5. The molecule has 2 aromatic carbocycles. The van der Waals surface area contributed by atoms with Gasteiger partial charge in [-0.15, -0.1) is 0 Å². The zero-order chi connectivity index (χ0) is 27.4. The highest BCUT2D eigenvalue weighted by Gasteiger charge is 2.35. The van der Waals surface area contributed by atoms with E-state index < -0.39 is 0 Å². The lowest BCUT2D eigenvalue weighted by Crippen LogP contribution is -2.24. The maximum Gasteiger partial charge on any atom is 0.337 e. The molecular weight excluding hydrogens is 490 g/mol. The van der Waals surface area contributed by atoms with Crippen molar-refractivity contribution in [1.29, 1.82) is 0 Å². The number of carbonyl (C=O) groups is 3. The summed E-state index contributed by atoms with van der Waals surface area (Å²) < 4.78 is 10.6. The van der Waals surface area contributed by atoms with E-state index in [4.69, 9.17) is 15.2 Å². The lowest BCUT2D eigenvalue weighted by Gasteiger charge is -2.36. The third-order valence-electron chi connectivity index (χ3n) is 8.48. The monoisotopic (exact) mass is 527 g/mol. The highest BCUT2D eigenvalue weighted by Crippen LogP contribution is 2.49. The first-order valence-electron chi connectivity index (χ1n) is 14.1. The number of fused-ring (bicyclic) bond motifs is 1. The minimum absolute atomic E-state index is 0.0944. The number of aldehydes is 1. The average molecular weight is 528 g/mol. The van der Waals surface area contributed by atoms with Crippen molar-refractivity contribution in [3.63, 3.8) is 0 Å². The molecule has 1 unspecified atom stereocenters. The van der Waals surface area contributed by atoms with Crippen molar-refractivity contribution < 1.29 is 23.9 Å². The molecule has 0 aromatic heterocycles. The fourth-order valence-corrected chi connectivity index (χ4v) is 6.55. The molecule has 0 radical (unpaired) electrons. The first-order valence-corrected chi connectivity index (χ1v) is 14.1. The molecule has 1 heterocycles. The number of ketones is 1. The molecule has 6 nitrogen and oxygen atoms in total. The molecule has 1 fully saturated rings. The smallest absolute Gasteiger partial charge is 0.337 e. The number of benzene rings is 2. The van der Waals surface area contributed by atoms with Crippen LogP contribution in [0.3, 0.4) is 0 Å². The first kappa shape index (κ1) is 27.1. The number of hydrogen-bond acceptors (Lipinski definition) is 6. The Morgan fingerprint density at radius 1 is 1.05 bits per heavy atom. The summed E-state index contributed by atoms with van der Waals surface area (Å²) in [7, 11) is 1.39. The summed E-state index contributed by atoms with van der Waals surface area (Å²) in [4.78, 5) is 38.0. The SMILES string of the molecule is COC(=O)c1ccc2c(c1)CC(CC(=O)C1=CCCOCC1)C(c1ccc(N)c(C=O)c1)=C2C1CCCCC1. The summed E-state index contributed by atoms with van der Waals surface area (Å²) in [6, 6.07) is 11.5. The Morgan fingerprint density at radius 2 is 1.87 bits per heavy atom. The van der Waals surface area contributed by atoms with Crippen LogP contribution in [-0.2, 0) is 20.7 Å². The second-order valence-electron chi connectivity index (χ2n) is 10.9. The van der Waals surface area contributed by atoms with E-state index in [0.29, 0.717) is 55.2 Å². The van der Waals surface area contributed by atoms with Gasteiger partial charge in [-0.3, -0.25) is 9.59 Å². The zero-order valence-electron chi connectivity index (χ0n) is 22.7. The van der Waals surface area contributed by atoms with Crippen LogP contribution in [0.1, 0.15) is 88.8 Å². The van der Waals surface area contributed by atoms with Crippen LogP contribution >= 0.6 is 0 Å². The number of esters is 1. The summed E-state index contributed by atoms with van der Waals surface area (Å²) in [5.74, 6) is 0.0296. The molecule has 1 saturated carbocycles. The van der Waals surface area contributed by atoms with Crippen molar-refractivity contribution in [2.24, 2.45) is 11.8 Å². The molecule has 1 aliphatic heterocycles.